The van der Waals surface area contributed by atoms with Crippen LogP contribution in [-0.4, -0.2) is 46.7 Å². The van der Waals surface area contributed by atoms with Crippen LogP contribution in [0, 0.1) is 10.1 Å². The van der Waals surface area contributed by atoms with Crippen LogP contribution >= 0.6 is 0 Å². The second-order valence-corrected chi connectivity index (χ2v) is 5.04. The van der Waals surface area contributed by atoms with Crippen molar-refractivity contribution in [3.8, 4) is 5.75 Å². The number of hydrogen-bond acceptors (Lipinski definition) is 6. The van der Waals surface area contributed by atoms with E-state index in [0.29, 0.717) is 26.1 Å². The Morgan fingerprint density at radius 1 is 1.59 bits per heavy atom. The molecule has 0 radical (unpaired) electrons. The maximum Gasteiger partial charge on any atom is 0.409 e. The molecule has 1 saturated heterocycles. The molecule has 1 fully saturated rings. The van der Waals surface area contributed by atoms with Gasteiger partial charge >= 0.3 is 11.8 Å². The van der Waals surface area contributed by atoms with Crippen LogP contribution in [0.25, 0.3) is 0 Å². The molecule has 1 atom stereocenters. The quantitative estimate of drug-likeness (QED) is 0.455. The van der Waals surface area contributed by atoms with Crippen LogP contribution in [0.15, 0.2) is 18.5 Å². The normalized spacial score (nSPS) is 17.3. The molecule has 120 valence electrons. The monoisotopic (exact) mass is 309 g/mol. The Hall–Kier alpha value is -2.38. The molecule has 2 heterocycles. The first-order chi connectivity index (χ1) is 10.6. The Kier molecular flexibility index (Phi) is 5.51. The van der Waals surface area contributed by atoms with Crippen molar-refractivity contribution in [3.05, 3.63) is 28.6 Å². The minimum atomic E-state index is -0.534. The van der Waals surface area contributed by atoms with Gasteiger partial charge in [-0.25, -0.2) is 4.79 Å². The van der Waals surface area contributed by atoms with Gasteiger partial charge in [0.15, 0.2) is 0 Å². The molecule has 2 rings (SSSR count). The van der Waals surface area contributed by atoms with E-state index in [1.54, 1.807) is 4.90 Å². The first kappa shape index (κ1) is 16.0. The van der Waals surface area contributed by atoms with Gasteiger partial charge in [0, 0.05) is 25.2 Å². The van der Waals surface area contributed by atoms with E-state index >= 15 is 0 Å². The van der Waals surface area contributed by atoms with Crippen LogP contribution in [0.1, 0.15) is 26.2 Å². The van der Waals surface area contributed by atoms with Crippen molar-refractivity contribution in [1.29, 1.82) is 0 Å². The highest BCUT2D eigenvalue weighted by atomic mass is 16.6. The van der Waals surface area contributed by atoms with Crippen molar-refractivity contribution in [2.24, 2.45) is 0 Å². The summed E-state index contributed by atoms with van der Waals surface area (Å²) < 4.78 is 10.8. The minimum Gasteiger partial charge on any atom is -0.481 e. The molecule has 1 aliphatic rings. The predicted octanol–water partition coefficient (Wildman–Crippen LogP) is 2.38. The molecule has 0 aromatic carbocycles. The van der Waals surface area contributed by atoms with E-state index in [2.05, 4.69) is 4.98 Å². The lowest BCUT2D eigenvalue weighted by molar-refractivity contribution is -0.386. The number of aromatic nitrogens is 1. The average molecular weight is 309 g/mol. The summed E-state index contributed by atoms with van der Waals surface area (Å²) in [5.74, 6) is 0.172. The molecule has 0 saturated carbocycles. The predicted molar refractivity (Wildman–Crippen MR) is 77.8 cm³/mol. The summed E-state index contributed by atoms with van der Waals surface area (Å²) in [6.07, 6.45) is 4.37. The summed E-state index contributed by atoms with van der Waals surface area (Å²) in [7, 11) is 0. The number of carbonyl (C=O) groups excluding carboxylic acids is 1. The fourth-order valence-electron chi connectivity index (χ4n) is 2.18. The topological polar surface area (TPSA) is 94.8 Å². The molecular weight excluding hydrogens is 290 g/mol. The first-order valence-corrected chi connectivity index (χ1v) is 7.28. The van der Waals surface area contributed by atoms with Gasteiger partial charge in [0.05, 0.1) is 18.1 Å². The Labute approximate surface area is 128 Å². The van der Waals surface area contributed by atoms with Crippen LogP contribution < -0.4 is 4.74 Å². The third-order valence-corrected chi connectivity index (χ3v) is 3.38. The van der Waals surface area contributed by atoms with Gasteiger partial charge in [0.1, 0.15) is 12.3 Å². The van der Waals surface area contributed by atoms with E-state index in [9.17, 15) is 14.9 Å². The average Bonchev–Trinajstić information content (AvgIpc) is 2.96. The first-order valence-electron chi connectivity index (χ1n) is 7.28. The second kappa shape index (κ2) is 7.58. The number of carbonyl (C=O) groups is 1. The molecule has 8 heteroatoms. The molecule has 0 unspecified atom stereocenters. The molecule has 1 aliphatic heterocycles. The number of likely N-dealkylation sites (tertiary alicyclic amines) is 1. The molecule has 1 aromatic rings. The fourth-order valence-corrected chi connectivity index (χ4v) is 2.18. The molecule has 0 spiro atoms. The summed E-state index contributed by atoms with van der Waals surface area (Å²) in [6, 6.07) is 1.46. The number of pyridine rings is 1. The highest BCUT2D eigenvalue weighted by Crippen LogP contribution is 2.27. The third kappa shape index (κ3) is 4.06. The zero-order valence-electron chi connectivity index (χ0n) is 12.4. The SMILES string of the molecule is CCCCOC(=O)N1CC[C@@H](Oc2ccncc2[N+](=O)[O-])C1. The van der Waals surface area contributed by atoms with Crippen molar-refractivity contribution < 1.29 is 19.2 Å². The van der Waals surface area contributed by atoms with E-state index in [4.69, 9.17) is 9.47 Å². The van der Waals surface area contributed by atoms with E-state index in [1.807, 2.05) is 6.92 Å². The van der Waals surface area contributed by atoms with Gasteiger partial charge in [-0.05, 0) is 6.42 Å². The third-order valence-electron chi connectivity index (χ3n) is 3.38. The van der Waals surface area contributed by atoms with Crippen LogP contribution in [0.5, 0.6) is 5.75 Å². The van der Waals surface area contributed by atoms with Gasteiger partial charge in [-0.2, -0.15) is 0 Å². The molecule has 8 nitrogen and oxygen atoms in total. The van der Waals surface area contributed by atoms with Crippen LogP contribution in [0.4, 0.5) is 10.5 Å². The summed E-state index contributed by atoms with van der Waals surface area (Å²) in [5.41, 5.74) is -0.175. The van der Waals surface area contributed by atoms with Gasteiger partial charge in [-0.15, -0.1) is 0 Å². The number of nitro groups is 1. The highest BCUT2D eigenvalue weighted by Gasteiger charge is 2.30. The standard InChI is InChI=1S/C14H19N3O5/c1-2-3-8-21-14(18)16-7-5-11(10-16)22-13-4-6-15-9-12(13)17(19)20/h4,6,9,11H,2-3,5,7-8,10H2,1H3/t11-/m1/s1. The van der Waals surface area contributed by atoms with Gasteiger partial charge < -0.3 is 14.4 Å². The van der Waals surface area contributed by atoms with Crippen LogP contribution in [-0.2, 0) is 4.74 Å². The molecule has 0 N–H and O–H groups in total. The van der Waals surface area contributed by atoms with Crippen molar-refractivity contribution in [3.63, 3.8) is 0 Å². The summed E-state index contributed by atoms with van der Waals surface area (Å²) in [6.45, 7) is 3.32. The van der Waals surface area contributed by atoms with E-state index < -0.39 is 4.92 Å². The number of unbranched alkanes of at least 4 members (excludes halogenated alkanes) is 1. The molecule has 0 aliphatic carbocycles. The molecule has 22 heavy (non-hydrogen) atoms. The van der Waals surface area contributed by atoms with E-state index in [1.165, 1.54) is 12.3 Å². The van der Waals surface area contributed by atoms with Gasteiger partial charge in [0.25, 0.3) is 0 Å². The Morgan fingerprint density at radius 3 is 3.14 bits per heavy atom. The lowest BCUT2D eigenvalue weighted by Crippen LogP contribution is -2.31. The molecule has 1 amide bonds. The zero-order chi connectivity index (χ0) is 15.9. The Morgan fingerprint density at radius 2 is 2.41 bits per heavy atom. The van der Waals surface area contributed by atoms with Crippen molar-refractivity contribution in [2.75, 3.05) is 19.7 Å². The van der Waals surface area contributed by atoms with E-state index in [0.717, 1.165) is 19.0 Å². The lowest BCUT2D eigenvalue weighted by Gasteiger charge is -2.17. The summed E-state index contributed by atoms with van der Waals surface area (Å²) in [5, 5.41) is 10.9. The van der Waals surface area contributed by atoms with Crippen molar-refractivity contribution >= 4 is 11.8 Å². The Bertz CT molecular complexity index is 537. The largest absolute Gasteiger partial charge is 0.481 e. The Balaban J connectivity index is 1.89. The molecule has 0 bridgehead atoms. The van der Waals surface area contributed by atoms with Gasteiger partial charge in [-0.3, -0.25) is 15.1 Å². The summed E-state index contributed by atoms with van der Waals surface area (Å²) in [4.78, 5) is 27.5. The lowest BCUT2D eigenvalue weighted by atomic mass is 10.3. The number of hydrogen-bond donors (Lipinski definition) is 0. The fraction of sp³-hybridized carbons (Fsp3) is 0.571. The second-order valence-electron chi connectivity index (χ2n) is 5.04. The zero-order valence-corrected chi connectivity index (χ0v) is 12.4. The number of amides is 1. The number of ether oxygens (including phenoxy) is 2. The molecule has 1 aromatic heterocycles. The van der Waals surface area contributed by atoms with Crippen molar-refractivity contribution in [1.82, 2.24) is 9.88 Å². The van der Waals surface area contributed by atoms with Crippen molar-refractivity contribution in [2.45, 2.75) is 32.3 Å². The smallest absolute Gasteiger partial charge is 0.409 e. The number of nitrogens with zero attached hydrogens (tertiary/aromatic N) is 3. The molecular formula is C14H19N3O5. The number of rotatable bonds is 6. The maximum absolute atomic E-state index is 11.8. The summed E-state index contributed by atoms with van der Waals surface area (Å²) >= 11 is 0. The van der Waals surface area contributed by atoms with E-state index in [-0.39, 0.29) is 23.6 Å². The highest BCUT2D eigenvalue weighted by molar-refractivity contribution is 5.68. The van der Waals surface area contributed by atoms with Crippen LogP contribution in [0.2, 0.25) is 0 Å². The van der Waals surface area contributed by atoms with Crippen LogP contribution in [0.3, 0.4) is 0 Å². The van der Waals surface area contributed by atoms with Gasteiger partial charge in [-0.1, -0.05) is 13.3 Å². The maximum atomic E-state index is 11.8. The minimum absolute atomic E-state index is 0.172. The van der Waals surface area contributed by atoms with Gasteiger partial charge in [0.2, 0.25) is 5.75 Å².